The summed E-state index contributed by atoms with van der Waals surface area (Å²) in [5.74, 6) is 1.06. The average Bonchev–Trinajstić information content (AvgIpc) is 2.86. The Bertz CT molecular complexity index is 1200. The molecule has 0 aliphatic rings. The summed E-state index contributed by atoms with van der Waals surface area (Å²) in [4.78, 5) is 34.1. The predicted molar refractivity (Wildman–Crippen MR) is 150 cm³/mol. The Morgan fingerprint density at radius 2 is 1.64 bits per heavy atom. The zero-order valence-electron chi connectivity index (χ0n) is 22.8. The number of carbonyl (C=O) groups is 1. The number of rotatable bonds is 13. The summed E-state index contributed by atoms with van der Waals surface area (Å²) in [6.45, 7) is 11.1. The normalized spacial score (nSPS) is 12.3. The molecule has 5 heteroatoms. The van der Waals surface area contributed by atoms with Gasteiger partial charge in [0.25, 0.3) is 5.56 Å². The van der Waals surface area contributed by atoms with Crippen LogP contribution in [0.3, 0.4) is 0 Å². The van der Waals surface area contributed by atoms with Crippen LogP contribution in [0.4, 0.5) is 0 Å². The number of nitrogens with zero attached hydrogens (tertiary/aromatic N) is 3. The molecular formula is C31H43N3O2. The van der Waals surface area contributed by atoms with E-state index in [0.717, 1.165) is 24.1 Å². The smallest absolute Gasteiger partial charge is 0.266 e. The summed E-state index contributed by atoms with van der Waals surface area (Å²) in [7, 11) is 0. The van der Waals surface area contributed by atoms with Crippen molar-refractivity contribution in [3.05, 3.63) is 70.3 Å². The van der Waals surface area contributed by atoms with Crippen LogP contribution in [0.1, 0.15) is 96.5 Å². The number of para-hydroxylation sites is 1. The Morgan fingerprint density at radius 1 is 0.944 bits per heavy atom. The third-order valence-corrected chi connectivity index (χ3v) is 6.78. The van der Waals surface area contributed by atoms with Gasteiger partial charge in [0.15, 0.2) is 0 Å². The standard InChI is InChI=1S/C31H43N3O2/c1-6-7-8-9-10-11-12-20-29(35)33(22-23(2)3)25(5)30-32-28-19-14-13-18-27(28)31(36)34(30)26-17-15-16-24(4)21-26/h13-19,21,23,25H,6-12,20,22H2,1-5H3. The van der Waals surface area contributed by atoms with Gasteiger partial charge in [-0.05, 0) is 56.0 Å². The van der Waals surface area contributed by atoms with E-state index in [1.165, 1.54) is 32.1 Å². The molecule has 1 aromatic heterocycles. The molecule has 1 heterocycles. The topological polar surface area (TPSA) is 55.2 Å². The predicted octanol–water partition coefficient (Wildman–Crippen LogP) is 7.38. The molecule has 3 aromatic rings. The molecule has 36 heavy (non-hydrogen) atoms. The Labute approximate surface area is 216 Å². The van der Waals surface area contributed by atoms with E-state index in [9.17, 15) is 9.59 Å². The average molecular weight is 490 g/mol. The van der Waals surface area contributed by atoms with Crippen LogP contribution in [-0.2, 0) is 4.79 Å². The van der Waals surface area contributed by atoms with Crippen LogP contribution in [-0.4, -0.2) is 26.9 Å². The number of hydrogen-bond acceptors (Lipinski definition) is 3. The number of amides is 1. The van der Waals surface area contributed by atoms with Gasteiger partial charge in [-0.15, -0.1) is 0 Å². The summed E-state index contributed by atoms with van der Waals surface area (Å²) in [6, 6.07) is 15.0. The number of benzene rings is 2. The van der Waals surface area contributed by atoms with Gasteiger partial charge in [0.05, 0.1) is 22.6 Å². The molecule has 1 amide bonds. The summed E-state index contributed by atoms with van der Waals surface area (Å²) in [6.07, 6.45) is 8.78. The van der Waals surface area contributed by atoms with Crippen LogP contribution in [0.5, 0.6) is 0 Å². The molecule has 0 radical (unpaired) electrons. The first-order valence-corrected chi connectivity index (χ1v) is 13.7. The molecule has 0 saturated carbocycles. The van der Waals surface area contributed by atoms with E-state index in [-0.39, 0.29) is 17.5 Å². The lowest BCUT2D eigenvalue weighted by atomic mass is 10.1. The fourth-order valence-electron chi connectivity index (χ4n) is 4.83. The lowest BCUT2D eigenvalue weighted by Crippen LogP contribution is -2.39. The van der Waals surface area contributed by atoms with Crippen LogP contribution < -0.4 is 5.56 Å². The largest absolute Gasteiger partial charge is 0.333 e. The molecule has 0 spiro atoms. The molecular weight excluding hydrogens is 446 g/mol. The minimum atomic E-state index is -0.331. The molecule has 0 aliphatic carbocycles. The minimum absolute atomic E-state index is 0.0999. The van der Waals surface area contributed by atoms with Crippen LogP contribution >= 0.6 is 0 Å². The number of fused-ring (bicyclic) bond motifs is 1. The van der Waals surface area contributed by atoms with Crippen molar-refractivity contribution in [3.8, 4) is 5.69 Å². The molecule has 5 nitrogen and oxygen atoms in total. The first-order chi connectivity index (χ1) is 17.3. The van der Waals surface area contributed by atoms with Gasteiger partial charge in [-0.1, -0.05) is 83.6 Å². The van der Waals surface area contributed by atoms with Crippen molar-refractivity contribution in [2.24, 2.45) is 5.92 Å². The maximum Gasteiger partial charge on any atom is 0.266 e. The van der Waals surface area contributed by atoms with Gasteiger partial charge in [-0.3, -0.25) is 14.2 Å². The molecule has 3 rings (SSSR count). The molecule has 194 valence electrons. The third-order valence-electron chi connectivity index (χ3n) is 6.78. The van der Waals surface area contributed by atoms with E-state index in [1.807, 2.05) is 67.3 Å². The number of unbranched alkanes of at least 4 members (excludes halogenated alkanes) is 6. The highest BCUT2D eigenvalue weighted by molar-refractivity contribution is 5.79. The second-order valence-electron chi connectivity index (χ2n) is 10.5. The van der Waals surface area contributed by atoms with Crippen molar-refractivity contribution in [1.82, 2.24) is 14.5 Å². The maximum atomic E-state index is 13.7. The SMILES string of the molecule is CCCCCCCCCC(=O)N(CC(C)C)C(C)c1nc2ccccc2c(=O)n1-c1cccc(C)c1. The zero-order valence-corrected chi connectivity index (χ0v) is 22.8. The summed E-state index contributed by atoms with van der Waals surface area (Å²) < 4.78 is 1.70. The van der Waals surface area contributed by atoms with Gasteiger partial charge in [-0.25, -0.2) is 4.98 Å². The lowest BCUT2D eigenvalue weighted by molar-refractivity contribution is -0.134. The van der Waals surface area contributed by atoms with Crippen molar-refractivity contribution in [2.45, 2.75) is 92.0 Å². The summed E-state index contributed by atoms with van der Waals surface area (Å²) in [5.41, 5.74) is 2.42. The molecule has 0 N–H and O–H groups in total. The summed E-state index contributed by atoms with van der Waals surface area (Å²) in [5, 5.41) is 0.583. The highest BCUT2D eigenvalue weighted by atomic mass is 16.2. The third kappa shape index (κ3) is 7.05. The second-order valence-corrected chi connectivity index (χ2v) is 10.5. The molecule has 0 aliphatic heterocycles. The van der Waals surface area contributed by atoms with Gasteiger partial charge in [0.1, 0.15) is 5.82 Å². The van der Waals surface area contributed by atoms with Crippen molar-refractivity contribution < 1.29 is 4.79 Å². The highest BCUT2D eigenvalue weighted by Crippen LogP contribution is 2.25. The van der Waals surface area contributed by atoms with Gasteiger partial charge in [0, 0.05) is 13.0 Å². The van der Waals surface area contributed by atoms with Crippen LogP contribution in [0.25, 0.3) is 16.6 Å². The fraction of sp³-hybridized carbons (Fsp3) is 0.516. The molecule has 0 bridgehead atoms. The maximum absolute atomic E-state index is 13.7. The number of hydrogen-bond donors (Lipinski definition) is 0. The van der Waals surface area contributed by atoms with Gasteiger partial charge in [-0.2, -0.15) is 0 Å². The van der Waals surface area contributed by atoms with Crippen LogP contribution in [0.15, 0.2) is 53.3 Å². The Morgan fingerprint density at radius 3 is 2.33 bits per heavy atom. The second kappa shape index (κ2) is 13.4. The highest BCUT2D eigenvalue weighted by Gasteiger charge is 2.27. The van der Waals surface area contributed by atoms with Crippen molar-refractivity contribution >= 4 is 16.8 Å². The van der Waals surface area contributed by atoms with Gasteiger partial charge < -0.3 is 4.90 Å². The Kier molecular flexibility index (Phi) is 10.3. The molecule has 1 unspecified atom stereocenters. The Hall–Kier alpha value is -2.95. The monoisotopic (exact) mass is 489 g/mol. The number of carbonyl (C=O) groups excluding carboxylic acids is 1. The van der Waals surface area contributed by atoms with Crippen molar-refractivity contribution in [1.29, 1.82) is 0 Å². The molecule has 0 saturated heterocycles. The molecule has 1 atom stereocenters. The van der Waals surface area contributed by atoms with Gasteiger partial charge in [0.2, 0.25) is 5.91 Å². The van der Waals surface area contributed by atoms with Crippen molar-refractivity contribution in [2.75, 3.05) is 6.54 Å². The van der Waals surface area contributed by atoms with E-state index < -0.39 is 0 Å². The van der Waals surface area contributed by atoms with Gasteiger partial charge >= 0.3 is 0 Å². The van der Waals surface area contributed by atoms with E-state index in [1.54, 1.807) is 4.57 Å². The van der Waals surface area contributed by atoms with Crippen LogP contribution in [0.2, 0.25) is 0 Å². The Balaban J connectivity index is 1.93. The lowest BCUT2D eigenvalue weighted by Gasteiger charge is -2.32. The number of aromatic nitrogens is 2. The first-order valence-electron chi connectivity index (χ1n) is 13.7. The fourth-order valence-corrected chi connectivity index (χ4v) is 4.83. The van der Waals surface area contributed by atoms with E-state index in [4.69, 9.17) is 4.98 Å². The van der Waals surface area contributed by atoms with E-state index >= 15 is 0 Å². The summed E-state index contributed by atoms with van der Waals surface area (Å²) >= 11 is 0. The molecule has 2 aromatic carbocycles. The van der Waals surface area contributed by atoms with Crippen LogP contribution in [0, 0.1) is 12.8 Å². The first kappa shape index (κ1) is 27.6. The van der Waals surface area contributed by atoms with E-state index in [2.05, 4.69) is 20.8 Å². The van der Waals surface area contributed by atoms with E-state index in [0.29, 0.717) is 35.6 Å². The molecule has 0 fully saturated rings. The quantitative estimate of drug-likeness (QED) is 0.235. The number of aryl methyl sites for hydroxylation is 1. The zero-order chi connectivity index (χ0) is 26.1. The van der Waals surface area contributed by atoms with Crippen molar-refractivity contribution in [3.63, 3.8) is 0 Å². The minimum Gasteiger partial charge on any atom is -0.333 e.